The molecule has 1 aromatic rings. The van der Waals surface area contributed by atoms with Crippen molar-refractivity contribution in [3.63, 3.8) is 0 Å². The second-order valence-corrected chi connectivity index (χ2v) is 4.09. The van der Waals surface area contributed by atoms with Gasteiger partial charge < -0.3 is 14.7 Å². The Hall–Kier alpha value is -1.55. The van der Waals surface area contributed by atoms with Gasteiger partial charge in [-0.05, 0) is 25.5 Å². The Morgan fingerprint density at radius 3 is 2.76 bits per heavy atom. The maximum atomic E-state index is 11.2. The summed E-state index contributed by atoms with van der Waals surface area (Å²) in [6, 6.07) is 5.48. The highest BCUT2D eigenvalue weighted by Gasteiger charge is 2.13. The zero-order valence-corrected chi connectivity index (χ0v) is 10.6. The molecule has 0 fully saturated rings. The Morgan fingerprint density at radius 2 is 2.18 bits per heavy atom. The molecule has 0 aliphatic heterocycles. The summed E-state index contributed by atoms with van der Waals surface area (Å²) in [4.78, 5) is 13.1. The van der Waals surface area contributed by atoms with Crippen LogP contribution in [-0.2, 0) is 4.74 Å². The zero-order chi connectivity index (χ0) is 12.8. The summed E-state index contributed by atoms with van der Waals surface area (Å²) >= 11 is 0. The summed E-state index contributed by atoms with van der Waals surface area (Å²) in [6.45, 7) is 3.34. The summed E-state index contributed by atoms with van der Waals surface area (Å²) in [7, 11) is 3.56. The molecule has 0 radical (unpaired) electrons. The lowest BCUT2D eigenvalue weighted by Crippen LogP contribution is -2.22. The van der Waals surface area contributed by atoms with Crippen molar-refractivity contribution < 1.29 is 14.6 Å². The molecule has 1 rings (SSSR count). The molecule has 1 N–H and O–H groups in total. The second-order valence-electron chi connectivity index (χ2n) is 4.09. The van der Waals surface area contributed by atoms with Crippen LogP contribution in [0.5, 0.6) is 0 Å². The minimum absolute atomic E-state index is 0.352. The topological polar surface area (TPSA) is 49.8 Å². The molecule has 0 atom stereocenters. The van der Waals surface area contributed by atoms with Crippen molar-refractivity contribution in [1.82, 2.24) is 0 Å². The van der Waals surface area contributed by atoms with Crippen molar-refractivity contribution in [3.8, 4) is 0 Å². The number of ether oxygens (including phenoxy) is 1. The summed E-state index contributed by atoms with van der Waals surface area (Å²) < 4.78 is 4.98. The van der Waals surface area contributed by atoms with Crippen molar-refractivity contribution in [2.24, 2.45) is 0 Å². The van der Waals surface area contributed by atoms with Crippen molar-refractivity contribution in [3.05, 3.63) is 29.3 Å². The van der Waals surface area contributed by atoms with E-state index in [1.54, 1.807) is 13.2 Å². The van der Waals surface area contributed by atoms with E-state index in [9.17, 15) is 4.79 Å². The fraction of sp³-hybridized carbons (Fsp3) is 0.462. The van der Waals surface area contributed by atoms with Crippen LogP contribution >= 0.6 is 0 Å². The number of rotatable bonds is 6. The number of carboxylic acids is 1. The highest BCUT2D eigenvalue weighted by atomic mass is 16.5. The minimum atomic E-state index is -0.887. The maximum Gasteiger partial charge on any atom is 0.337 e. The molecule has 0 heterocycles. The van der Waals surface area contributed by atoms with Crippen LogP contribution in [0, 0.1) is 6.92 Å². The van der Waals surface area contributed by atoms with Gasteiger partial charge in [-0.1, -0.05) is 11.6 Å². The lowest BCUT2D eigenvalue weighted by atomic mass is 10.1. The van der Waals surface area contributed by atoms with Gasteiger partial charge in [-0.15, -0.1) is 0 Å². The van der Waals surface area contributed by atoms with E-state index < -0.39 is 5.97 Å². The van der Waals surface area contributed by atoms with Gasteiger partial charge >= 0.3 is 5.97 Å². The summed E-state index contributed by atoms with van der Waals surface area (Å²) in [5.41, 5.74) is 2.06. The van der Waals surface area contributed by atoms with Crippen LogP contribution in [0.15, 0.2) is 18.2 Å². The Kier molecular flexibility index (Phi) is 4.97. The fourth-order valence-electron chi connectivity index (χ4n) is 1.72. The van der Waals surface area contributed by atoms with Crippen LogP contribution in [0.2, 0.25) is 0 Å². The molecular formula is C13H19NO3. The van der Waals surface area contributed by atoms with E-state index >= 15 is 0 Å². The molecule has 0 bridgehead atoms. The number of nitrogens with zero attached hydrogens (tertiary/aromatic N) is 1. The maximum absolute atomic E-state index is 11.2. The molecule has 0 aliphatic rings. The molecule has 0 saturated carbocycles. The quantitative estimate of drug-likeness (QED) is 0.770. The Labute approximate surface area is 102 Å². The molecule has 0 aliphatic carbocycles. The van der Waals surface area contributed by atoms with Crippen LogP contribution in [0.3, 0.4) is 0 Å². The van der Waals surface area contributed by atoms with E-state index in [-0.39, 0.29) is 0 Å². The number of carboxylic acid groups (broad SMARTS) is 1. The van der Waals surface area contributed by atoms with Crippen molar-refractivity contribution in [2.45, 2.75) is 13.3 Å². The molecule has 0 spiro atoms. The number of aromatic carboxylic acids is 1. The molecule has 0 aromatic heterocycles. The molecule has 0 unspecified atom stereocenters. The molecule has 17 heavy (non-hydrogen) atoms. The van der Waals surface area contributed by atoms with Gasteiger partial charge in [0, 0.05) is 27.3 Å². The normalized spacial score (nSPS) is 10.3. The third-order valence-electron chi connectivity index (χ3n) is 2.64. The number of benzene rings is 1. The van der Waals surface area contributed by atoms with Gasteiger partial charge in [0.2, 0.25) is 0 Å². The van der Waals surface area contributed by atoms with Gasteiger partial charge in [0.05, 0.1) is 11.3 Å². The van der Waals surface area contributed by atoms with Crippen LogP contribution in [0.25, 0.3) is 0 Å². The van der Waals surface area contributed by atoms with E-state index in [0.29, 0.717) is 12.2 Å². The summed E-state index contributed by atoms with van der Waals surface area (Å²) in [5, 5.41) is 9.16. The lowest BCUT2D eigenvalue weighted by Gasteiger charge is -2.21. The number of aryl methyl sites for hydroxylation is 1. The monoisotopic (exact) mass is 237 g/mol. The van der Waals surface area contributed by atoms with Crippen LogP contribution in [0.4, 0.5) is 5.69 Å². The summed E-state index contributed by atoms with van der Waals surface area (Å²) in [5.74, 6) is -0.887. The SMILES string of the molecule is COCCCN(C)c1ccc(C)cc1C(=O)O. The predicted octanol–water partition coefficient (Wildman–Crippen LogP) is 2.17. The number of methoxy groups -OCH3 is 1. The van der Waals surface area contributed by atoms with Gasteiger partial charge in [0.25, 0.3) is 0 Å². The van der Waals surface area contributed by atoms with Gasteiger partial charge in [0.15, 0.2) is 0 Å². The van der Waals surface area contributed by atoms with Crippen LogP contribution < -0.4 is 4.90 Å². The molecular weight excluding hydrogens is 218 g/mol. The van der Waals surface area contributed by atoms with Crippen molar-refractivity contribution in [2.75, 3.05) is 32.2 Å². The molecule has 1 aromatic carbocycles. The first-order valence-electron chi connectivity index (χ1n) is 5.60. The Balaban J connectivity index is 2.84. The third kappa shape index (κ3) is 3.75. The third-order valence-corrected chi connectivity index (χ3v) is 2.64. The molecule has 4 heteroatoms. The first-order chi connectivity index (χ1) is 8.06. The van der Waals surface area contributed by atoms with Gasteiger partial charge in [-0.25, -0.2) is 4.79 Å². The smallest absolute Gasteiger partial charge is 0.337 e. The molecule has 0 amide bonds. The Bertz CT molecular complexity index is 390. The highest BCUT2D eigenvalue weighted by Crippen LogP contribution is 2.21. The van der Waals surface area contributed by atoms with Crippen molar-refractivity contribution >= 4 is 11.7 Å². The van der Waals surface area contributed by atoms with E-state index in [0.717, 1.165) is 24.2 Å². The number of anilines is 1. The molecule has 94 valence electrons. The number of carbonyl (C=O) groups is 1. The van der Waals surface area contributed by atoms with E-state index in [1.165, 1.54) is 0 Å². The van der Waals surface area contributed by atoms with Gasteiger partial charge in [-0.3, -0.25) is 0 Å². The predicted molar refractivity (Wildman–Crippen MR) is 67.9 cm³/mol. The van der Waals surface area contributed by atoms with E-state index in [2.05, 4.69) is 0 Å². The van der Waals surface area contributed by atoms with Crippen LogP contribution in [0.1, 0.15) is 22.3 Å². The summed E-state index contributed by atoms with van der Waals surface area (Å²) in [6.07, 6.45) is 0.875. The standard InChI is InChI=1S/C13H19NO3/c1-10-5-6-12(11(9-10)13(15)16)14(2)7-4-8-17-3/h5-6,9H,4,7-8H2,1-3H3,(H,15,16). The highest BCUT2D eigenvalue weighted by molar-refractivity contribution is 5.94. The molecule has 0 saturated heterocycles. The minimum Gasteiger partial charge on any atom is -0.478 e. The fourth-order valence-corrected chi connectivity index (χ4v) is 1.72. The van der Waals surface area contributed by atoms with Gasteiger partial charge in [0.1, 0.15) is 0 Å². The second kappa shape index (κ2) is 6.25. The Morgan fingerprint density at radius 1 is 1.47 bits per heavy atom. The van der Waals surface area contributed by atoms with E-state index in [4.69, 9.17) is 9.84 Å². The lowest BCUT2D eigenvalue weighted by molar-refractivity contribution is 0.0697. The average Bonchev–Trinajstić information content (AvgIpc) is 2.29. The first kappa shape index (κ1) is 13.5. The largest absolute Gasteiger partial charge is 0.478 e. The zero-order valence-electron chi connectivity index (χ0n) is 10.6. The van der Waals surface area contributed by atoms with Crippen LogP contribution in [-0.4, -0.2) is 38.4 Å². The first-order valence-corrected chi connectivity index (χ1v) is 5.60. The van der Waals surface area contributed by atoms with Crippen molar-refractivity contribution in [1.29, 1.82) is 0 Å². The molecule has 4 nitrogen and oxygen atoms in total. The average molecular weight is 237 g/mol. The number of hydrogen-bond acceptors (Lipinski definition) is 3. The van der Waals surface area contributed by atoms with E-state index in [1.807, 2.05) is 31.0 Å². The number of hydrogen-bond donors (Lipinski definition) is 1. The van der Waals surface area contributed by atoms with Gasteiger partial charge in [-0.2, -0.15) is 0 Å².